The van der Waals surface area contributed by atoms with Gasteiger partial charge in [0.25, 0.3) is 0 Å². The van der Waals surface area contributed by atoms with Gasteiger partial charge in [0.1, 0.15) is 0 Å². The zero-order valence-electron chi connectivity index (χ0n) is 10.5. The lowest BCUT2D eigenvalue weighted by Crippen LogP contribution is -2.52. The molecule has 0 radical (unpaired) electrons. The van der Waals surface area contributed by atoms with E-state index in [2.05, 4.69) is 37.4 Å². The zero-order chi connectivity index (χ0) is 13.5. The van der Waals surface area contributed by atoms with Crippen molar-refractivity contribution in [2.75, 3.05) is 23.3 Å². The number of hydrogen-bond donors (Lipinski definition) is 1. The molecular formula is C11H14ClN7. The van der Waals surface area contributed by atoms with E-state index in [1.54, 1.807) is 0 Å². The van der Waals surface area contributed by atoms with Gasteiger partial charge in [-0.25, -0.2) is 0 Å². The average molecular weight is 280 g/mol. The Morgan fingerprint density at radius 2 is 2.53 bits per heavy atom. The van der Waals surface area contributed by atoms with Crippen LogP contribution in [0.2, 0.25) is 5.15 Å². The molecule has 1 aromatic heterocycles. The Kier molecular flexibility index (Phi) is 2.88. The molecule has 7 nitrogen and oxygen atoms in total. The Morgan fingerprint density at radius 3 is 3.26 bits per heavy atom. The van der Waals surface area contributed by atoms with Crippen molar-refractivity contribution in [3.8, 4) is 0 Å². The maximum absolute atomic E-state index is 8.64. The van der Waals surface area contributed by atoms with Crippen molar-refractivity contribution in [2.24, 2.45) is 5.11 Å². The summed E-state index contributed by atoms with van der Waals surface area (Å²) >= 11 is 5.94. The second kappa shape index (κ2) is 4.43. The molecule has 1 fully saturated rings. The first-order valence-corrected chi connectivity index (χ1v) is 6.65. The van der Waals surface area contributed by atoms with E-state index in [0.29, 0.717) is 11.7 Å². The maximum atomic E-state index is 8.64. The average Bonchev–Trinajstić information content (AvgIpc) is 2.78. The lowest BCUT2D eigenvalue weighted by atomic mass is 9.90. The van der Waals surface area contributed by atoms with Crippen LogP contribution >= 0.6 is 11.6 Å². The van der Waals surface area contributed by atoms with Crippen molar-refractivity contribution in [3.05, 3.63) is 21.7 Å². The first-order valence-electron chi connectivity index (χ1n) is 6.27. The van der Waals surface area contributed by atoms with Crippen molar-refractivity contribution in [2.45, 2.75) is 31.3 Å². The van der Waals surface area contributed by atoms with Gasteiger partial charge in [0.2, 0.25) is 0 Å². The van der Waals surface area contributed by atoms with E-state index in [9.17, 15) is 0 Å². The highest BCUT2D eigenvalue weighted by Crippen LogP contribution is 2.44. The highest BCUT2D eigenvalue weighted by atomic mass is 35.5. The molecule has 3 heterocycles. The van der Waals surface area contributed by atoms with E-state index in [1.807, 2.05) is 6.07 Å². The number of hydrogen-bond acceptors (Lipinski definition) is 5. The molecule has 1 aromatic rings. The molecule has 2 aliphatic heterocycles. The quantitative estimate of drug-likeness (QED) is 0.512. The highest BCUT2D eigenvalue weighted by molar-refractivity contribution is 6.29. The van der Waals surface area contributed by atoms with Crippen molar-refractivity contribution in [3.63, 3.8) is 0 Å². The van der Waals surface area contributed by atoms with Crippen LogP contribution in [0.15, 0.2) is 11.2 Å². The lowest BCUT2D eigenvalue weighted by Gasteiger charge is -2.43. The van der Waals surface area contributed by atoms with Gasteiger partial charge in [-0.3, -0.25) is 0 Å². The summed E-state index contributed by atoms with van der Waals surface area (Å²) in [4.78, 5) is 5.20. The van der Waals surface area contributed by atoms with Crippen molar-refractivity contribution in [1.29, 1.82) is 0 Å². The van der Waals surface area contributed by atoms with Gasteiger partial charge in [0.05, 0.1) is 17.3 Å². The largest absolute Gasteiger partial charge is 0.364 e. The van der Waals surface area contributed by atoms with Gasteiger partial charge in [-0.05, 0) is 18.4 Å². The second-order valence-corrected chi connectivity index (χ2v) is 5.39. The summed E-state index contributed by atoms with van der Waals surface area (Å²) in [5, 5.41) is 15.5. The molecule has 3 rings (SSSR count). The molecule has 0 unspecified atom stereocenters. The highest BCUT2D eigenvalue weighted by Gasteiger charge is 2.47. The van der Waals surface area contributed by atoms with Crippen molar-refractivity contribution < 1.29 is 0 Å². The van der Waals surface area contributed by atoms with E-state index in [1.165, 1.54) is 0 Å². The molecule has 0 aromatic carbocycles. The minimum atomic E-state index is -0.0295. The third kappa shape index (κ3) is 1.86. The second-order valence-electron chi connectivity index (χ2n) is 5.01. The number of halogens is 1. The first-order chi connectivity index (χ1) is 9.18. The topological polar surface area (TPSA) is 89.8 Å². The summed E-state index contributed by atoms with van der Waals surface area (Å²) in [5.74, 6) is 0.745. The van der Waals surface area contributed by atoms with Crippen LogP contribution in [0.3, 0.4) is 0 Å². The molecule has 1 saturated heterocycles. The molecule has 19 heavy (non-hydrogen) atoms. The molecule has 0 saturated carbocycles. The summed E-state index contributed by atoms with van der Waals surface area (Å²) in [6.45, 7) is 3.63. The Bertz CT molecular complexity index is 556. The Labute approximate surface area is 115 Å². The molecule has 100 valence electrons. The van der Waals surface area contributed by atoms with Crippen LogP contribution in [0.25, 0.3) is 10.4 Å². The van der Waals surface area contributed by atoms with Crippen LogP contribution in [0.5, 0.6) is 0 Å². The molecule has 0 bridgehead atoms. The van der Waals surface area contributed by atoms with E-state index >= 15 is 0 Å². The Morgan fingerprint density at radius 1 is 1.68 bits per heavy atom. The molecule has 2 aliphatic rings. The Balaban J connectivity index is 2.04. The predicted octanol–water partition coefficient (Wildman–Crippen LogP) is 2.59. The summed E-state index contributed by atoms with van der Waals surface area (Å²) in [7, 11) is 0. The summed E-state index contributed by atoms with van der Waals surface area (Å²) in [6.07, 6.45) is 1.82. The van der Waals surface area contributed by atoms with Gasteiger partial charge in [0.15, 0.2) is 11.0 Å². The summed E-state index contributed by atoms with van der Waals surface area (Å²) in [6, 6.07) is 1.81. The number of anilines is 2. The fraction of sp³-hybridized carbons (Fsp3) is 0.636. The molecule has 0 amide bonds. The molecule has 8 heteroatoms. The number of rotatable bonds is 2. The lowest BCUT2D eigenvalue weighted by molar-refractivity contribution is 0.416. The third-order valence-corrected chi connectivity index (χ3v) is 4.26. The fourth-order valence-corrected chi connectivity index (χ4v) is 3.23. The number of aromatic nitrogens is 2. The van der Waals surface area contributed by atoms with E-state index in [0.717, 1.165) is 30.9 Å². The van der Waals surface area contributed by atoms with E-state index in [4.69, 9.17) is 17.1 Å². The summed E-state index contributed by atoms with van der Waals surface area (Å²) in [5.41, 5.74) is 9.56. The van der Waals surface area contributed by atoms with Gasteiger partial charge >= 0.3 is 0 Å². The predicted molar refractivity (Wildman–Crippen MR) is 73.5 cm³/mol. The minimum absolute atomic E-state index is 0.00959. The molecule has 2 atom stereocenters. The normalized spacial score (nSPS) is 28.1. The molecular weight excluding hydrogens is 266 g/mol. The zero-order valence-corrected chi connectivity index (χ0v) is 11.3. The van der Waals surface area contributed by atoms with Gasteiger partial charge in [-0.2, -0.15) is 0 Å². The van der Waals surface area contributed by atoms with Crippen molar-refractivity contribution >= 4 is 23.1 Å². The monoisotopic (exact) mass is 279 g/mol. The molecule has 0 aliphatic carbocycles. The standard InChI is InChI=1S/C11H14ClN7/c1-2-11-4-7(15-18-13)5-19(11)8-3-9(12)16-17-10(8)14-6-11/h3,7H,2,4-6H2,1H3,(H,14,17)/t7-,11-/m1/s1. The molecule has 1 N–H and O–H groups in total. The van der Waals surface area contributed by atoms with Gasteiger partial charge in [-0.15, -0.1) is 10.2 Å². The number of nitrogens with one attached hydrogen (secondary N) is 1. The Hall–Kier alpha value is -1.72. The van der Waals surface area contributed by atoms with Crippen molar-refractivity contribution in [1.82, 2.24) is 10.2 Å². The number of azide groups is 1. The van der Waals surface area contributed by atoms with Crippen LogP contribution in [-0.2, 0) is 0 Å². The molecule has 0 spiro atoms. The van der Waals surface area contributed by atoms with E-state index in [-0.39, 0.29) is 11.6 Å². The van der Waals surface area contributed by atoms with Crippen LogP contribution in [0, 0.1) is 0 Å². The van der Waals surface area contributed by atoms with Crippen LogP contribution < -0.4 is 10.2 Å². The van der Waals surface area contributed by atoms with Gasteiger partial charge in [0, 0.05) is 24.1 Å². The van der Waals surface area contributed by atoms with E-state index < -0.39 is 0 Å². The smallest absolute Gasteiger partial charge is 0.172 e. The van der Waals surface area contributed by atoms with Crippen LogP contribution in [0.4, 0.5) is 11.5 Å². The first kappa shape index (κ1) is 12.3. The maximum Gasteiger partial charge on any atom is 0.172 e. The fourth-order valence-electron chi connectivity index (χ4n) is 3.09. The number of nitrogens with zero attached hydrogens (tertiary/aromatic N) is 6. The number of fused-ring (bicyclic) bond motifs is 3. The third-order valence-electron chi connectivity index (χ3n) is 4.07. The van der Waals surface area contributed by atoms with Gasteiger partial charge < -0.3 is 10.2 Å². The summed E-state index contributed by atoms with van der Waals surface area (Å²) < 4.78 is 0. The minimum Gasteiger partial charge on any atom is -0.364 e. The van der Waals surface area contributed by atoms with Crippen LogP contribution in [0.1, 0.15) is 19.8 Å². The SMILES string of the molecule is CC[C@@]12CNc3nnc(Cl)cc3N1C[C@H](N=[N+]=[N-])C2. The van der Waals surface area contributed by atoms with Crippen LogP contribution in [-0.4, -0.2) is 34.9 Å². The van der Waals surface area contributed by atoms with Gasteiger partial charge in [-0.1, -0.05) is 23.6 Å².